The number of rotatable bonds is 5. The Balaban J connectivity index is 2.06. The lowest BCUT2D eigenvalue weighted by molar-refractivity contribution is -0.385. The van der Waals surface area contributed by atoms with Crippen LogP contribution >= 0.6 is 11.6 Å². The van der Waals surface area contributed by atoms with Crippen molar-refractivity contribution in [3.05, 3.63) is 68.5 Å². The van der Waals surface area contributed by atoms with E-state index in [4.69, 9.17) is 11.6 Å². The van der Waals surface area contributed by atoms with Gasteiger partial charge in [0.05, 0.1) is 4.92 Å². The molecule has 0 unspecified atom stereocenters. The first-order chi connectivity index (χ1) is 9.58. The van der Waals surface area contributed by atoms with Crippen LogP contribution in [0.15, 0.2) is 36.7 Å². The first-order valence-electron chi connectivity index (χ1n) is 6.11. The first kappa shape index (κ1) is 14.4. The number of nitrogens with one attached hydrogen (secondary N) is 1. The Morgan fingerprint density at radius 2 is 2.05 bits per heavy atom. The molecule has 1 aromatic carbocycles. The molecule has 0 bridgehead atoms. The molecule has 20 heavy (non-hydrogen) atoms. The fourth-order valence-electron chi connectivity index (χ4n) is 1.91. The first-order valence-corrected chi connectivity index (χ1v) is 6.49. The largest absolute Gasteiger partial charge is 0.308 e. The van der Waals surface area contributed by atoms with Gasteiger partial charge in [0, 0.05) is 42.1 Å². The van der Waals surface area contributed by atoms with Crippen LogP contribution in [0.3, 0.4) is 0 Å². The molecule has 5 nitrogen and oxygen atoms in total. The number of aromatic nitrogens is 1. The average Bonchev–Trinajstić information content (AvgIpc) is 2.41. The molecular weight excluding hydrogens is 278 g/mol. The summed E-state index contributed by atoms with van der Waals surface area (Å²) >= 11 is 5.88. The number of hydrogen-bond donors (Lipinski definition) is 1. The van der Waals surface area contributed by atoms with Crippen LogP contribution in [0.1, 0.15) is 16.7 Å². The zero-order valence-electron chi connectivity index (χ0n) is 11.0. The van der Waals surface area contributed by atoms with Crippen molar-refractivity contribution in [1.29, 1.82) is 0 Å². The molecule has 0 aliphatic rings. The molecule has 2 rings (SSSR count). The Labute approximate surface area is 121 Å². The molecule has 0 atom stereocenters. The van der Waals surface area contributed by atoms with Gasteiger partial charge in [-0.3, -0.25) is 15.1 Å². The molecule has 0 amide bonds. The van der Waals surface area contributed by atoms with Crippen LogP contribution in [-0.2, 0) is 13.1 Å². The summed E-state index contributed by atoms with van der Waals surface area (Å²) in [5.74, 6) is 0. The average molecular weight is 292 g/mol. The second-order valence-corrected chi connectivity index (χ2v) is 4.87. The monoisotopic (exact) mass is 291 g/mol. The van der Waals surface area contributed by atoms with Crippen molar-refractivity contribution in [2.45, 2.75) is 20.0 Å². The zero-order chi connectivity index (χ0) is 14.5. The smallest absolute Gasteiger partial charge is 0.273 e. The zero-order valence-corrected chi connectivity index (χ0v) is 11.7. The minimum atomic E-state index is -0.398. The molecule has 1 aromatic heterocycles. The molecule has 1 heterocycles. The third kappa shape index (κ3) is 3.53. The van der Waals surface area contributed by atoms with Crippen molar-refractivity contribution in [3.8, 4) is 0 Å². The van der Waals surface area contributed by atoms with Crippen LogP contribution in [0.25, 0.3) is 0 Å². The van der Waals surface area contributed by atoms with Crippen LogP contribution in [0.4, 0.5) is 5.69 Å². The molecule has 0 fully saturated rings. The minimum Gasteiger partial charge on any atom is -0.308 e. The maximum absolute atomic E-state index is 10.9. The van der Waals surface area contributed by atoms with Gasteiger partial charge in [0.2, 0.25) is 0 Å². The SMILES string of the molecule is Cc1cnccc1CNCc1cc(Cl)ccc1[N+](=O)[O-]. The topological polar surface area (TPSA) is 68.1 Å². The van der Waals surface area contributed by atoms with Crippen LogP contribution in [0.2, 0.25) is 5.02 Å². The van der Waals surface area contributed by atoms with Crippen molar-refractivity contribution in [2.75, 3.05) is 0 Å². The Hall–Kier alpha value is -1.98. The minimum absolute atomic E-state index is 0.0772. The van der Waals surface area contributed by atoms with E-state index < -0.39 is 4.92 Å². The highest BCUT2D eigenvalue weighted by atomic mass is 35.5. The quantitative estimate of drug-likeness (QED) is 0.678. The van der Waals surface area contributed by atoms with Crippen molar-refractivity contribution < 1.29 is 4.92 Å². The van der Waals surface area contributed by atoms with E-state index in [-0.39, 0.29) is 5.69 Å². The van der Waals surface area contributed by atoms with E-state index in [2.05, 4.69) is 10.3 Å². The lowest BCUT2D eigenvalue weighted by Crippen LogP contribution is -2.14. The molecular formula is C14H14ClN3O2. The highest BCUT2D eigenvalue weighted by molar-refractivity contribution is 6.30. The van der Waals surface area contributed by atoms with Gasteiger partial charge in [0.1, 0.15) is 0 Å². The predicted octanol–water partition coefficient (Wildman–Crippen LogP) is 3.24. The Morgan fingerprint density at radius 3 is 2.75 bits per heavy atom. The number of nitro groups is 1. The molecule has 0 saturated heterocycles. The second kappa shape index (κ2) is 6.45. The fourth-order valence-corrected chi connectivity index (χ4v) is 2.10. The Morgan fingerprint density at radius 1 is 1.30 bits per heavy atom. The van der Waals surface area contributed by atoms with Gasteiger partial charge in [-0.05, 0) is 36.2 Å². The van der Waals surface area contributed by atoms with Crippen LogP contribution in [0, 0.1) is 17.0 Å². The summed E-state index contributed by atoms with van der Waals surface area (Å²) in [5.41, 5.74) is 2.85. The van der Waals surface area contributed by atoms with Gasteiger partial charge in [-0.1, -0.05) is 11.6 Å². The van der Waals surface area contributed by atoms with Gasteiger partial charge in [-0.2, -0.15) is 0 Å². The summed E-state index contributed by atoms with van der Waals surface area (Å²) in [6.07, 6.45) is 3.52. The summed E-state index contributed by atoms with van der Waals surface area (Å²) in [7, 11) is 0. The molecule has 0 aliphatic carbocycles. The van der Waals surface area contributed by atoms with Gasteiger partial charge in [-0.15, -0.1) is 0 Å². The van der Waals surface area contributed by atoms with E-state index >= 15 is 0 Å². The predicted molar refractivity (Wildman–Crippen MR) is 77.6 cm³/mol. The third-order valence-electron chi connectivity index (χ3n) is 3.01. The summed E-state index contributed by atoms with van der Waals surface area (Å²) in [6, 6.07) is 6.49. The van der Waals surface area contributed by atoms with E-state index in [9.17, 15) is 10.1 Å². The number of nitrogens with zero attached hydrogens (tertiary/aromatic N) is 2. The van der Waals surface area contributed by atoms with E-state index in [1.54, 1.807) is 18.5 Å². The van der Waals surface area contributed by atoms with E-state index in [1.807, 2.05) is 13.0 Å². The maximum atomic E-state index is 10.9. The van der Waals surface area contributed by atoms with E-state index in [0.29, 0.717) is 23.7 Å². The van der Waals surface area contributed by atoms with Crippen LogP contribution in [0.5, 0.6) is 0 Å². The third-order valence-corrected chi connectivity index (χ3v) is 3.24. The number of halogens is 1. The number of nitro benzene ring substituents is 1. The second-order valence-electron chi connectivity index (χ2n) is 4.44. The van der Waals surface area contributed by atoms with Gasteiger partial charge in [0.15, 0.2) is 0 Å². The molecule has 2 aromatic rings. The molecule has 6 heteroatoms. The lowest BCUT2D eigenvalue weighted by atomic mass is 10.1. The number of pyridine rings is 1. The van der Waals surface area contributed by atoms with Crippen molar-refractivity contribution in [2.24, 2.45) is 0 Å². The normalized spacial score (nSPS) is 10.5. The summed E-state index contributed by atoms with van der Waals surface area (Å²) < 4.78 is 0. The van der Waals surface area contributed by atoms with E-state index in [1.165, 1.54) is 12.1 Å². The van der Waals surface area contributed by atoms with Gasteiger partial charge in [0.25, 0.3) is 5.69 Å². The molecule has 0 radical (unpaired) electrons. The van der Waals surface area contributed by atoms with Crippen LogP contribution in [-0.4, -0.2) is 9.91 Å². The molecule has 0 saturated carbocycles. The number of benzene rings is 1. The summed E-state index contributed by atoms with van der Waals surface area (Å²) in [6.45, 7) is 2.99. The Kier molecular flexibility index (Phi) is 4.65. The van der Waals surface area contributed by atoms with Crippen molar-refractivity contribution >= 4 is 17.3 Å². The van der Waals surface area contributed by atoms with Gasteiger partial charge >= 0.3 is 0 Å². The standard InChI is InChI=1S/C14H14ClN3O2/c1-10-7-16-5-4-11(10)8-17-9-12-6-13(15)2-3-14(12)18(19)20/h2-7,17H,8-9H2,1H3. The molecule has 104 valence electrons. The molecule has 0 aliphatic heterocycles. The van der Waals surface area contributed by atoms with E-state index in [0.717, 1.165) is 11.1 Å². The highest BCUT2D eigenvalue weighted by Crippen LogP contribution is 2.22. The number of hydrogen-bond acceptors (Lipinski definition) is 4. The van der Waals surface area contributed by atoms with Crippen LogP contribution < -0.4 is 5.32 Å². The van der Waals surface area contributed by atoms with Gasteiger partial charge in [-0.25, -0.2) is 0 Å². The van der Waals surface area contributed by atoms with Crippen molar-refractivity contribution in [3.63, 3.8) is 0 Å². The summed E-state index contributed by atoms with van der Waals surface area (Å²) in [4.78, 5) is 14.6. The maximum Gasteiger partial charge on any atom is 0.273 e. The molecule has 1 N–H and O–H groups in total. The highest BCUT2D eigenvalue weighted by Gasteiger charge is 2.13. The van der Waals surface area contributed by atoms with Crippen molar-refractivity contribution in [1.82, 2.24) is 10.3 Å². The van der Waals surface area contributed by atoms with Gasteiger partial charge < -0.3 is 5.32 Å². The lowest BCUT2D eigenvalue weighted by Gasteiger charge is -2.08. The number of aryl methyl sites for hydroxylation is 1. The summed E-state index contributed by atoms with van der Waals surface area (Å²) in [5, 5.41) is 14.6. The Bertz CT molecular complexity index is 632. The fraction of sp³-hybridized carbons (Fsp3) is 0.214. The molecule has 0 spiro atoms.